The molecule has 1 N–H and O–H groups in total. The van der Waals surface area contributed by atoms with Crippen molar-refractivity contribution in [1.29, 1.82) is 0 Å². The van der Waals surface area contributed by atoms with Crippen LogP contribution in [0.2, 0.25) is 0 Å². The zero-order chi connectivity index (χ0) is 13.1. The molecule has 0 unspecified atom stereocenters. The number of aromatic amines is 1. The molecule has 0 saturated carbocycles. The summed E-state index contributed by atoms with van der Waals surface area (Å²) in [5.41, 5.74) is 5.76. The van der Waals surface area contributed by atoms with Crippen LogP contribution in [0, 0.1) is 13.8 Å². The summed E-state index contributed by atoms with van der Waals surface area (Å²) < 4.78 is 5.59. The van der Waals surface area contributed by atoms with Crippen LogP contribution in [-0.4, -0.2) is 16.8 Å². The van der Waals surface area contributed by atoms with E-state index in [1.165, 1.54) is 16.7 Å². The molecule has 0 amide bonds. The number of ether oxygens (including phenoxy) is 1. The van der Waals surface area contributed by atoms with E-state index >= 15 is 0 Å². The van der Waals surface area contributed by atoms with E-state index in [1.54, 1.807) is 0 Å². The van der Waals surface area contributed by atoms with Crippen molar-refractivity contribution < 1.29 is 4.74 Å². The zero-order valence-electron chi connectivity index (χ0n) is 11.4. The lowest BCUT2D eigenvalue weighted by molar-refractivity contribution is 0.0764. The number of nitrogens with one attached hydrogen (secondary N) is 1. The third-order valence-corrected chi connectivity index (χ3v) is 3.21. The number of aromatic nitrogens is 2. The van der Waals surface area contributed by atoms with Crippen molar-refractivity contribution >= 4 is 0 Å². The largest absolute Gasteiger partial charge is 0.374 e. The molecule has 0 saturated heterocycles. The van der Waals surface area contributed by atoms with Gasteiger partial charge in [-0.05, 0) is 38.8 Å². The van der Waals surface area contributed by atoms with Gasteiger partial charge in [-0.1, -0.05) is 24.3 Å². The van der Waals surface area contributed by atoms with Crippen molar-refractivity contribution in [3.63, 3.8) is 0 Å². The Bertz CT molecular complexity index is 494. The van der Waals surface area contributed by atoms with Crippen molar-refractivity contribution in [3.8, 4) is 11.1 Å². The number of benzene rings is 1. The van der Waals surface area contributed by atoms with Crippen LogP contribution in [0.1, 0.15) is 36.9 Å². The lowest BCUT2D eigenvalue weighted by atomic mass is 10.0. The van der Waals surface area contributed by atoms with Crippen LogP contribution in [0.4, 0.5) is 0 Å². The Balaban J connectivity index is 2.28. The standard InChI is InChI=1S/C15H20N2O/c1-5-18-12(4)13-6-8-14(9-7-13)15-10(2)16-17-11(15)3/h6-9,12H,5H2,1-4H3,(H,16,17)/t12-/m1/s1. The van der Waals surface area contributed by atoms with Crippen molar-refractivity contribution in [2.75, 3.05) is 6.61 Å². The van der Waals surface area contributed by atoms with Gasteiger partial charge < -0.3 is 4.74 Å². The van der Waals surface area contributed by atoms with E-state index < -0.39 is 0 Å². The molecule has 18 heavy (non-hydrogen) atoms. The Labute approximate surface area is 108 Å². The summed E-state index contributed by atoms with van der Waals surface area (Å²) in [6.07, 6.45) is 0.149. The number of nitrogens with zero attached hydrogens (tertiary/aromatic N) is 1. The quantitative estimate of drug-likeness (QED) is 0.888. The number of hydrogen-bond acceptors (Lipinski definition) is 2. The molecule has 3 heteroatoms. The smallest absolute Gasteiger partial charge is 0.0796 e. The highest BCUT2D eigenvalue weighted by atomic mass is 16.5. The summed E-state index contributed by atoms with van der Waals surface area (Å²) in [7, 11) is 0. The molecule has 0 aliphatic rings. The second-order valence-electron chi connectivity index (χ2n) is 4.53. The lowest BCUT2D eigenvalue weighted by Crippen LogP contribution is -1.99. The maximum Gasteiger partial charge on any atom is 0.0796 e. The minimum atomic E-state index is 0.149. The van der Waals surface area contributed by atoms with Crippen LogP contribution in [-0.2, 0) is 4.74 Å². The molecule has 0 spiro atoms. The molecule has 2 aromatic rings. The van der Waals surface area contributed by atoms with Gasteiger partial charge in [-0.3, -0.25) is 5.10 Å². The van der Waals surface area contributed by atoms with Gasteiger partial charge in [-0.25, -0.2) is 0 Å². The third kappa shape index (κ3) is 2.46. The first-order valence-corrected chi connectivity index (χ1v) is 6.37. The third-order valence-electron chi connectivity index (χ3n) is 3.21. The van der Waals surface area contributed by atoms with Gasteiger partial charge in [0.1, 0.15) is 0 Å². The van der Waals surface area contributed by atoms with E-state index in [0.717, 1.165) is 18.0 Å². The Hall–Kier alpha value is -1.61. The Morgan fingerprint density at radius 3 is 2.39 bits per heavy atom. The highest BCUT2D eigenvalue weighted by Gasteiger charge is 2.10. The van der Waals surface area contributed by atoms with Gasteiger partial charge >= 0.3 is 0 Å². The molecular formula is C15H20N2O. The zero-order valence-corrected chi connectivity index (χ0v) is 11.4. The SMILES string of the molecule is CCO[C@H](C)c1ccc(-c2c(C)n[nH]c2C)cc1. The molecule has 96 valence electrons. The van der Waals surface area contributed by atoms with Crippen LogP contribution < -0.4 is 0 Å². The predicted octanol–water partition coefficient (Wildman–Crippen LogP) is 3.79. The average molecular weight is 244 g/mol. The summed E-state index contributed by atoms with van der Waals surface area (Å²) in [6.45, 7) is 8.90. The van der Waals surface area contributed by atoms with E-state index in [2.05, 4.69) is 41.4 Å². The summed E-state index contributed by atoms with van der Waals surface area (Å²) in [5, 5.41) is 7.25. The van der Waals surface area contributed by atoms with Gasteiger partial charge in [0.2, 0.25) is 0 Å². The molecule has 0 radical (unpaired) electrons. The second kappa shape index (κ2) is 5.36. The Morgan fingerprint density at radius 1 is 1.22 bits per heavy atom. The van der Waals surface area contributed by atoms with E-state index in [4.69, 9.17) is 4.74 Å². The molecule has 3 nitrogen and oxygen atoms in total. The number of rotatable bonds is 4. The number of hydrogen-bond donors (Lipinski definition) is 1. The van der Waals surface area contributed by atoms with Gasteiger partial charge in [0, 0.05) is 17.9 Å². The number of aryl methyl sites for hydroxylation is 2. The minimum absolute atomic E-state index is 0.149. The summed E-state index contributed by atoms with van der Waals surface area (Å²) in [6, 6.07) is 8.52. The number of H-pyrrole nitrogens is 1. The van der Waals surface area contributed by atoms with Crippen LogP contribution in [0.3, 0.4) is 0 Å². The fourth-order valence-corrected chi connectivity index (χ4v) is 2.24. The maximum absolute atomic E-state index is 5.59. The van der Waals surface area contributed by atoms with E-state index in [1.807, 2.05) is 20.8 Å². The summed E-state index contributed by atoms with van der Waals surface area (Å²) in [5.74, 6) is 0. The first-order valence-electron chi connectivity index (χ1n) is 6.37. The van der Waals surface area contributed by atoms with Crippen molar-refractivity contribution in [3.05, 3.63) is 41.2 Å². The van der Waals surface area contributed by atoms with Gasteiger partial charge in [0.05, 0.1) is 11.8 Å². The summed E-state index contributed by atoms with van der Waals surface area (Å²) >= 11 is 0. The highest BCUT2D eigenvalue weighted by molar-refractivity contribution is 5.68. The normalized spacial score (nSPS) is 12.7. The first-order chi connectivity index (χ1) is 8.63. The van der Waals surface area contributed by atoms with Crippen LogP contribution in [0.25, 0.3) is 11.1 Å². The topological polar surface area (TPSA) is 37.9 Å². The Morgan fingerprint density at radius 2 is 1.89 bits per heavy atom. The maximum atomic E-state index is 5.59. The molecule has 2 rings (SSSR count). The minimum Gasteiger partial charge on any atom is -0.374 e. The van der Waals surface area contributed by atoms with Gasteiger partial charge in [0.15, 0.2) is 0 Å². The fraction of sp³-hybridized carbons (Fsp3) is 0.400. The van der Waals surface area contributed by atoms with Crippen LogP contribution in [0.15, 0.2) is 24.3 Å². The summed E-state index contributed by atoms with van der Waals surface area (Å²) in [4.78, 5) is 0. The van der Waals surface area contributed by atoms with E-state index in [-0.39, 0.29) is 6.10 Å². The molecule has 0 fully saturated rings. The van der Waals surface area contributed by atoms with Gasteiger partial charge in [-0.15, -0.1) is 0 Å². The first kappa shape index (κ1) is 12.8. The molecular weight excluding hydrogens is 224 g/mol. The van der Waals surface area contributed by atoms with Crippen LogP contribution >= 0.6 is 0 Å². The molecule has 1 heterocycles. The Kier molecular flexibility index (Phi) is 3.82. The van der Waals surface area contributed by atoms with Gasteiger partial charge in [-0.2, -0.15) is 5.10 Å². The molecule has 0 bridgehead atoms. The molecule has 0 aliphatic carbocycles. The second-order valence-corrected chi connectivity index (χ2v) is 4.53. The fourth-order valence-electron chi connectivity index (χ4n) is 2.24. The molecule has 1 aromatic heterocycles. The predicted molar refractivity (Wildman–Crippen MR) is 73.5 cm³/mol. The van der Waals surface area contributed by atoms with Crippen molar-refractivity contribution in [2.45, 2.75) is 33.8 Å². The molecule has 0 aliphatic heterocycles. The lowest BCUT2D eigenvalue weighted by Gasteiger charge is -2.12. The monoisotopic (exact) mass is 244 g/mol. The van der Waals surface area contributed by atoms with Crippen LogP contribution in [0.5, 0.6) is 0 Å². The average Bonchev–Trinajstić information content (AvgIpc) is 2.70. The highest BCUT2D eigenvalue weighted by Crippen LogP contribution is 2.27. The molecule has 1 aromatic carbocycles. The van der Waals surface area contributed by atoms with Gasteiger partial charge in [0.25, 0.3) is 0 Å². The van der Waals surface area contributed by atoms with Crippen molar-refractivity contribution in [1.82, 2.24) is 10.2 Å². The molecule has 1 atom stereocenters. The van der Waals surface area contributed by atoms with E-state index in [0.29, 0.717) is 0 Å². The van der Waals surface area contributed by atoms with Crippen molar-refractivity contribution in [2.24, 2.45) is 0 Å². The van der Waals surface area contributed by atoms with E-state index in [9.17, 15) is 0 Å².